The number of halogens is 1. The van der Waals surface area contributed by atoms with Gasteiger partial charge >= 0.3 is 0 Å². The molecule has 0 aromatic heterocycles. The maximum atomic E-state index is 13.2. The minimum absolute atomic E-state index is 0.0722. The van der Waals surface area contributed by atoms with Gasteiger partial charge < -0.3 is 0 Å². The van der Waals surface area contributed by atoms with Crippen LogP contribution in [0.3, 0.4) is 0 Å². The Bertz CT molecular complexity index is 918. The summed E-state index contributed by atoms with van der Waals surface area (Å²) in [5, 5.41) is 4.59. The van der Waals surface area contributed by atoms with E-state index in [0.29, 0.717) is 15.8 Å². The van der Waals surface area contributed by atoms with Crippen molar-refractivity contribution in [3.05, 3.63) is 63.7 Å². The lowest BCUT2D eigenvalue weighted by atomic mass is 9.89. The van der Waals surface area contributed by atoms with Crippen LogP contribution < -0.4 is 4.83 Å². The van der Waals surface area contributed by atoms with Gasteiger partial charge in [-0.3, -0.25) is 0 Å². The van der Waals surface area contributed by atoms with Gasteiger partial charge in [-0.2, -0.15) is 13.5 Å². The van der Waals surface area contributed by atoms with E-state index in [2.05, 4.69) is 23.8 Å². The van der Waals surface area contributed by atoms with Crippen LogP contribution in [0.5, 0.6) is 0 Å². The van der Waals surface area contributed by atoms with Crippen molar-refractivity contribution in [1.82, 2.24) is 4.83 Å². The summed E-state index contributed by atoms with van der Waals surface area (Å²) in [5.41, 5.74) is 3.56. The molecule has 0 heterocycles. The summed E-state index contributed by atoms with van der Waals surface area (Å²) in [6.45, 7) is 12.3. The third kappa shape index (κ3) is 5.36. The number of sulfonamides is 1. The molecule has 6 heteroatoms. The average molecular weight is 421 g/mol. The van der Waals surface area contributed by atoms with Crippen LogP contribution in [0.2, 0.25) is 5.02 Å². The number of hydrogen-bond donors (Lipinski definition) is 1. The van der Waals surface area contributed by atoms with Crippen LogP contribution in [0.25, 0.3) is 0 Å². The Morgan fingerprint density at radius 1 is 0.893 bits per heavy atom. The SMILES string of the molecule is CC(C)c1cc(C(C)C)c(S(=O)(=O)N/N=C/c2ccc(Cl)cc2)c(C(C)C)c1. The van der Waals surface area contributed by atoms with Gasteiger partial charge in [0.2, 0.25) is 0 Å². The second kappa shape index (κ2) is 9.10. The lowest BCUT2D eigenvalue weighted by Crippen LogP contribution is -2.23. The normalized spacial score (nSPS) is 12.5. The molecule has 0 spiro atoms. The first kappa shape index (κ1) is 22.4. The lowest BCUT2D eigenvalue weighted by Gasteiger charge is -2.22. The summed E-state index contributed by atoms with van der Waals surface area (Å²) in [7, 11) is -3.81. The molecule has 0 aliphatic heterocycles. The predicted octanol–water partition coefficient (Wildman–Crippen LogP) is 6.02. The van der Waals surface area contributed by atoms with Crippen LogP contribution in [-0.2, 0) is 10.0 Å². The molecule has 2 rings (SSSR count). The number of hydrogen-bond acceptors (Lipinski definition) is 3. The molecule has 2 aromatic carbocycles. The van der Waals surface area contributed by atoms with E-state index in [0.717, 1.165) is 22.3 Å². The van der Waals surface area contributed by atoms with Gasteiger partial charge in [0, 0.05) is 5.02 Å². The highest BCUT2D eigenvalue weighted by molar-refractivity contribution is 7.89. The summed E-state index contributed by atoms with van der Waals surface area (Å²) in [6, 6.07) is 11.0. The lowest BCUT2D eigenvalue weighted by molar-refractivity contribution is 0.579. The molecular weight excluding hydrogens is 392 g/mol. The molecule has 0 aliphatic rings. The smallest absolute Gasteiger partial charge is 0.200 e. The van der Waals surface area contributed by atoms with E-state index >= 15 is 0 Å². The van der Waals surface area contributed by atoms with Gasteiger partial charge in [-0.25, -0.2) is 4.83 Å². The molecule has 0 saturated heterocycles. The van der Waals surface area contributed by atoms with Gasteiger partial charge in [0.1, 0.15) is 0 Å². The second-order valence-corrected chi connectivity index (χ2v) is 9.93. The summed E-state index contributed by atoms with van der Waals surface area (Å²) in [5.74, 6) is 0.466. The van der Waals surface area contributed by atoms with Crippen molar-refractivity contribution in [3.8, 4) is 0 Å². The van der Waals surface area contributed by atoms with Crippen LogP contribution in [0, 0.1) is 0 Å². The highest BCUT2D eigenvalue weighted by Gasteiger charge is 2.26. The van der Waals surface area contributed by atoms with E-state index in [1.807, 2.05) is 39.8 Å². The van der Waals surface area contributed by atoms with Crippen molar-refractivity contribution in [3.63, 3.8) is 0 Å². The van der Waals surface area contributed by atoms with Crippen molar-refractivity contribution in [2.75, 3.05) is 0 Å². The Labute approximate surface area is 174 Å². The van der Waals surface area contributed by atoms with Crippen LogP contribution in [0.15, 0.2) is 46.4 Å². The van der Waals surface area contributed by atoms with Gasteiger partial charge in [-0.1, -0.05) is 77.4 Å². The number of rotatable bonds is 7. The van der Waals surface area contributed by atoms with E-state index in [-0.39, 0.29) is 11.8 Å². The quantitative estimate of drug-likeness (QED) is 0.439. The fourth-order valence-corrected chi connectivity index (χ4v) is 4.58. The minimum atomic E-state index is -3.81. The Kier molecular flexibility index (Phi) is 7.29. The molecular formula is C22H29ClN2O2S. The molecule has 0 atom stereocenters. The van der Waals surface area contributed by atoms with Crippen LogP contribution in [0.4, 0.5) is 0 Å². The molecule has 4 nitrogen and oxygen atoms in total. The van der Waals surface area contributed by atoms with Gasteiger partial charge in [0.05, 0.1) is 11.1 Å². The largest absolute Gasteiger partial charge is 0.277 e. The van der Waals surface area contributed by atoms with Gasteiger partial charge in [-0.05, 0) is 52.1 Å². The molecule has 0 bridgehead atoms. The maximum absolute atomic E-state index is 13.2. The molecule has 2 aromatic rings. The van der Waals surface area contributed by atoms with Crippen molar-refractivity contribution < 1.29 is 8.42 Å². The van der Waals surface area contributed by atoms with Gasteiger partial charge in [-0.15, -0.1) is 0 Å². The Balaban J connectivity index is 2.49. The summed E-state index contributed by atoms with van der Waals surface area (Å²) in [6.07, 6.45) is 1.47. The van der Waals surface area contributed by atoms with Crippen molar-refractivity contribution in [2.45, 2.75) is 64.2 Å². The molecule has 0 aliphatic carbocycles. The molecule has 0 fully saturated rings. The third-order valence-corrected chi connectivity index (χ3v) is 6.21. The number of nitrogens with zero attached hydrogens (tertiary/aromatic N) is 1. The zero-order valence-corrected chi connectivity index (χ0v) is 18.9. The van der Waals surface area contributed by atoms with Crippen molar-refractivity contribution in [2.24, 2.45) is 5.10 Å². The summed E-state index contributed by atoms with van der Waals surface area (Å²) >= 11 is 5.87. The number of hydrazone groups is 1. The van der Waals surface area contributed by atoms with E-state index in [1.165, 1.54) is 6.21 Å². The van der Waals surface area contributed by atoms with Crippen molar-refractivity contribution in [1.29, 1.82) is 0 Å². The van der Waals surface area contributed by atoms with Crippen LogP contribution in [-0.4, -0.2) is 14.6 Å². The Morgan fingerprint density at radius 2 is 1.39 bits per heavy atom. The molecule has 1 N–H and O–H groups in total. The van der Waals surface area contributed by atoms with E-state index in [4.69, 9.17) is 11.6 Å². The highest BCUT2D eigenvalue weighted by atomic mass is 35.5. The number of nitrogens with one attached hydrogen (secondary N) is 1. The molecule has 0 unspecified atom stereocenters. The van der Waals surface area contributed by atoms with Crippen LogP contribution in [0.1, 0.15) is 81.5 Å². The maximum Gasteiger partial charge on any atom is 0.277 e. The van der Waals surface area contributed by atoms with Gasteiger partial charge in [0.15, 0.2) is 0 Å². The first-order valence-electron chi connectivity index (χ1n) is 9.51. The van der Waals surface area contributed by atoms with Crippen LogP contribution >= 0.6 is 11.6 Å². The van der Waals surface area contributed by atoms with E-state index in [1.54, 1.807) is 24.3 Å². The molecule has 0 radical (unpaired) electrons. The zero-order valence-electron chi connectivity index (χ0n) is 17.3. The monoisotopic (exact) mass is 420 g/mol. The fraction of sp³-hybridized carbons (Fsp3) is 0.409. The summed E-state index contributed by atoms with van der Waals surface area (Å²) < 4.78 is 26.3. The first-order valence-corrected chi connectivity index (χ1v) is 11.4. The van der Waals surface area contributed by atoms with E-state index in [9.17, 15) is 8.42 Å². The van der Waals surface area contributed by atoms with Crippen molar-refractivity contribution >= 4 is 27.8 Å². The highest BCUT2D eigenvalue weighted by Crippen LogP contribution is 2.34. The number of benzene rings is 2. The zero-order chi connectivity index (χ0) is 21.1. The Morgan fingerprint density at radius 3 is 1.82 bits per heavy atom. The molecule has 0 saturated carbocycles. The standard InChI is InChI=1S/C22H29ClN2O2S/c1-14(2)18-11-20(15(3)4)22(21(12-18)16(5)6)28(26,27)25-24-13-17-7-9-19(23)10-8-17/h7-16,25H,1-6H3/b24-13+. The van der Waals surface area contributed by atoms with E-state index < -0.39 is 10.0 Å². The average Bonchev–Trinajstić information content (AvgIpc) is 2.61. The second-order valence-electron chi connectivity index (χ2n) is 7.90. The minimum Gasteiger partial charge on any atom is -0.200 e. The Hall–Kier alpha value is -1.85. The fourth-order valence-electron chi connectivity index (χ4n) is 2.96. The topological polar surface area (TPSA) is 58.5 Å². The van der Waals surface area contributed by atoms with Gasteiger partial charge in [0.25, 0.3) is 10.0 Å². The molecule has 28 heavy (non-hydrogen) atoms. The molecule has 0 amide bonds. The predicted molar refractivity (Wildman–Crippen MR) is 118 cm³/mol. The third-order valence-electron chi connectivity index (χ3n) is 4.60. The first-order chi connectivity index (χ1) is 13.0. The summed E-state index contributed by atoms with van der Waals surface area (Å²) in [4.78, 5) is 2.73. The molecule has 152 valence electrons.